The number of aromatic nitrogens is 1. The number of benzene rings is 8. The Morgan fingerprint density at radius 1 is 0.373 bits per heavy atom. The summed E-state index contributed by atoms with van der Waals surface area (Å²) in [6.07, 6.45) is 0. The second-order valence-corrected chi connectivity index (χ2v) is 14.2. The minimum atomic E-state index is -0.462. The molecule has 1 nitrogen and oxygen atoms in total. The molecule has 0 N–H and O–H groups in total. The third kappa shape index (κ3) is 4.46. The molecule has 8 aromatic carbocycles. The Balaban J connectivity index is 1.26. The van der Waals surface area contributed by atoms with Crippen LogP contribution in [0.5, 0.6) is 0 Å². The third-order valence-electron chi connectivity index (χ3n) is 10.8. The van der Waals surface area contributed by atoms with Gasteiger partial charge in [-0.2, -0.15) is 0 Å². The zero-order valence-electron chi connectivity index (χ0n) is 27.8. The van der Waals surface area contributed by atoms with E-state index in [1.165, 1.54) is 77.4 Å². The van der Waals surface area contributed by atoms with Crippen LogP contribution >= 0.6 is 15.9 Å². The number of nitrogens with zero attached hydrogens (tertiary/aromatic N) is 1. The number of hydrogen-bond donors (Lipinski definition) is 0. The first-order valence-electron chi connectivity index (χ1n) is 17.5. The smallest absolute Gasteiger partial charge is 0.0714 e. The van der Waals surface area contributed by atoms with Gasteiger partial charge in [0, 0.05) is 20.9 Å². The largest absolute Gasteiger partial charge is 0.309 e. The van der Waals surface area contributed by atoms with Crippen LogP contribution in [0.1, 0.15) is 22.3 Å². The normalized spacial score (nSPS) is 13.0. The molecule has 0 aliphatic heterocycles. The molecule has 2 heteroatoms. The van der Waals surface area contributed by atoms with Gasteiger partial charge in [0.15, 0.2) is 0 Å². The maximum absolute atomic E-state index is 3.82. The Bertz CT molecular complexity index is 2720. The number of halogens is 1. The highest BCUT2D eigenvalue weighted by Gasteiger charge is 2.46. The fraction of sp³-hybridized carbons (Fsp3) is 0.0204. The summed E-state index contributed by atoms with van der Waals surface area (Å²) >= 11 is 3.82. The molecule has 0 spiro atoms. The molecule has 0 bridgehead atoms. The highest BCUT2D eigenvalue weighted by molar-refractivity contribution is 9.10. The molecule has 0 unspecified atom stereocenters. The lowest BCUT2D eigenvalue weighted by molar-refractivity contribution is 0.767. The van der Waals surface area contributed by atoms with Gasteiger partial charge in [-0.3, -0.25) is 0 Å². The molecule has 0 amide bonds. The summed E-state index contributed by atoms with van der Waals surface area (Å²) in [6.45, 7) is 0. The number of fused-ring (bicyclic) bond motifs is 6. The van der Waals surface area contributed by atoms with Gasteiger partial charge in [0.2, 0.25) is 0 Å². The second kappa shape index (κ2) is 11.8. The van der Waals surface area contributed by atoms with Gasteiger partial charge in [0.1, 0.15) is 0 Å². The van der Waals surface area contributed by atoms with Crippen molar-refractivity contribution in [2.24, 2.45) is 0 Å². The van der Waals surface area contributed by atoms with Crippen LogP contribution in [0.3, 0.4) is 0 Å². The van der Waals surface area contributed by atoms with Gasteiger partial charge >= 0.3 is 0 Å². The Morgan fingerprint density at radius 2 is 0.941 bits per heavy atom. The zero-order valence-corrected chi connectivity index (χ0v) is 29.4. The molecule has 0 fully saturated rings. The van der Waals surface area contributed by atoms with E-state index in [0.29, 0.717) is 0 Å². The molecule has 0 radical (unpaired) electrons. The average Bonchev–Trinajstić information content (AvgIpc) is 3.69. The fourth-order valence-electron chi connectivity index (χ4n) is 8.64. The van der Waals surface area contributed by atoms with Crippen LogP contribution in [0.4, 0.5) is 0 Å². The lowest BCUT2D eigenvalue weighted by Crippen LogP contribution is -2.28. The first-order chi connectivity index (χ1) is 25.2. The number of rotatable bonds is 5. The minimum Gasteiger partial charge on any atom is -0.309 e. The van der Waals surface area contributed by atoms with E-state index in [-0.39, 0.29) is 0 Å². The first-order valence-corrected chi connectivity index (χ1v) is 18.3. The van der Waals surface area contributed by atoms with Gasteiger partial charge in [-0.1, -0.05) is 180 Å². The van der Waals surface area contributed by atoms with Crippen LogP contribution in [0.2, 0.25) is 0 Å². The third-order valence-corrected chi connectivity index (χ3v) is 11.5. The van der Waals surface area contributed by atoms with Crippen molar-refractivity contribution in [3.8, 4) is 39.1 Å². The van der Waals surface area contributed by atoms with Gasteiger partial charge in [0.25, 0.3) is 0 Å². The van der Waals surface area contributed by atoms with E-state index in [1.54, 1.807) is 0 Å². The van der Waals surface area contributed by atoms with Crippen molar-refractivity contribution < 1.29 is 0 Å². The average molecular weight is 715 g/mol. The van der Waals surface area contributed by atoms with Crippen LogP contribution in [-0.4, -0.2) is 4.57 Å². The summed E-state index contributed by atoms with van der Waals surface area (Å²) in [7, 11) is 0. The summed E-state index contributed by atoms with van der Waals surface area (Å²) in [5.41, 5.74) is 15.6. The summed E-state index contributed by atoms with van der Waals surface area (Å²) in [5.74, 6) is 0. The van der Waals surface area contributed by atoms with Crippen LogP contribution < -0.4 is 0 Å². The van der Waals surface area contributed by atoms with Crippen molar-refractivity contribution in [3.05, 3.63) is 221 Å². The van der Waals surface area contributed by atoms with Gasteiger partial charge in [-0.05, 0) is 86.0 Å². The van der Waals surface area contributed by atoms with Crippen LogP contribution in [0.15, 0.2) is 199 Å². The number of para-hydroxylation sites is 1. The first kappa shape index (κ1) is 29.9. The molecule has 1 aliphatic carbocycles. The Hall–Kier alpha value is -5.96. The predicted molar refractivity (Wildman–Crippen MR) is 217 cm³/mol. The quantitative estimate of drug-likeness (QED) is 0.167. The second-order valence-electron chi connectivity index (χ2n) is 13.4. The van der Waals surface area contributed by atoms with Crippen molar-refractivity contribution in [2.75, 3.05) is 0 Å². The monoisotopic (exact) mass is 713 g/mol. The predicted octanol–water partition coefficient (Wildman–Crippen LogP) is 13.2. The maximum atomic E-state index is 3.82. The van der Waals surface area contributed by atoms with Crippen LogP contribution in [-0.2, 0) is 5.41 Å². The number of hydrogen-bond acceptors (Lipinski definition) is 0. The topological polar surface area (TPSA) is 4.93 Å². The summed E-state index contributed by atoms with van der Waals surface area (Å²) in [6, 6.07) is 71.2. The maximum Gasteiger partial charge on any atom is 0.0714 e. The summed E-state index contributed by atoms with van der Waals surface area (Å²) in [5, 5.41) is 2.49. The zero-order chi connectivity index (χ0) is 33.9. The molecule has 0 saturated carbocycles. The summed E-state index contributed by atoms with van der Waals surface area (Å²) in [4.78, 5) is 0. The van der Waals surface area contributed by atoms with Crippen molar-refractivity contribution in [1.29, 1.82) is 0 Å². The van der Waals surface area contributed by atoms with E-state index < -0.39 is 5.41 Å². The van der Waals surface area contributed by atoms with E-state index in [1.807, 2.05) is 0 Å². The van der Waals surface area contributed by atoms with Crippen LogP contribution in [0, 0.1) is 0 Å². The van der Waals surface area contributed by atoms with E-state index >= 15 is 0 Å². The molecule has 0 saturated heterocycles. The fourth-order valence-corrected chi connectivity index (χ4v) is 9.14. The van der Waals surface area contributed by atoms with E-state index in [0.717, 1.165) is 10.2 Å². The lowest BCUT2D eigenvalue weighted by Gasteiger charge is -2.34. The van der Waals surface area contributed by atoms with Crippen molar-refractivity contribution in [3.63, 3.8) is 0 Å². The van der Waals surface area contributed by atoms with Crippen LogP contribution in [0.25, 0.3) is 60.9 Å². The van der Waals surface area contributed by atoms with Crippen molar-refractivity contribution in [1.82, 2.24) is 4.57 Å². The Labute approximate surface area is 306 Å². The molecule has 9 aromatic rings. The lowest BCUT2D eigenvalue weighted by atomic mass is 9.67. The Morgan fingerprint density at radius 3 is 1.69 bits per heavy atom. The molecular weight excluding hydrogens is 682 g/mol. The Kier molecular flexibility index (Phi) is 6.94. The minimum absolute atomic E-state index is 0.462. The van der Waals surface area contributed by atoms with E-state index in [2.05, 4.69) is 215 Å². The molecule has 1 aromatic heterocycles. The van der Waals surface area contributed by atoms with Gasteiger partial charge in [-0.25, -0.2) is 0 Å². The standard InChI is InChI=1S/C49H32BrN/c50-46-25-13-10-22-41(46)38-20-8-7-19-37(38)33-27-29-43-42-23-11-14-26-47(42)51(48(43)31-33)36-28-30-40-39-21-9-12-24-44(39)49(45(40)32-36,34-15-3-1-4-16-34)35-17-5-2-6-18-35/h1-32H. The van der Waals surface area contributed by atoms with Gasteiger partial charge in [-0.15, -0.1) is 0 Å². The highest BCUT2D eigenvalue weighted by atomic mass is 79.9. The molecule has 51 heavy (non-hydrogen) atoms. The highest BCUT2D eigenvalue weighted by Crippen LogP contribution is 2.56. The molecule has 10 rings (SSSR count). The SMILES string of the molecule is Brc1ccccc1-c1ccccc1-c1ccc2c3ccccc3n(-c3ccc4c(c3)C(c3ccccc3)(c3ccccc3)c3ccccc3-4)c2c1. The van der Waals surface area contributed by atoms with Gasteiger partial charge in [0.05, 0.1) is 16.4 Å². The molecule has 240 valence electrons. The molecule has 0 atom stereocenters. The molecule has 1 heterocycles. The van der Waals surface area contributed by atoms with Crippen molar-refractivity contribution >= 4 is 37.7 Å². The van der Waals surface area contributed by atoms with E-state index in [9.17, 15) is 0 Å². The van der Waals surface area contributed by atoms with E-state index in [4.69, 9.17) is 0 Å². The van der Waals surface area contributed by atoms with Gasteiger partial charge < -0.3 is 4.57 Å². The van der Waals surface area contributed by atoms with Crippen molar-refractivity contribution in [2.45, 2.75) is 5.41 Å². The summed E-state index contributed by atoms with van der Waals surface area (Å²) < 4.78 is 3.56. The molecular formula is C49H32BrN. The molecule has 1 aliphatic rings.